The van der Waals surface area contributed by atoms with Crippen molar-refractivity contribution < 1.29 is 18.3 Å². The van der Waals surface area contributed by atoms with Gasteiger partial charge in [0.25, 0.3) is 0 Å². The highest BCUT2D eigenvalue weighted by atomic mass is 35.5. The lowest BCUT2D eigenvalue weighted by atomic mass is 10.0. The summed E-state index contributed by atoms with van der Waals surface area (Å²) in [6, 6.07) is 1.66. The van der Waals surface area contributed by atoms with Gasteiger partial charge in [-0.25, -0.2) is 4.98 Å². The first-order valence-corrected chi connectivity index (χ1v) is 7.88. The second kappa shape index (κ2) is 6.60. The van der Waals surface area contributed by atoms with Gasteiger partial charge in [0.15, 0.2) is 0 Å². The minimum absolute atomic E-state index is 0.288. The minimum atomic E-state index is -4.33. The third-order valence-corrected chi connectivity index (χ3v) is 4.08. The Kier molecular flexibility index (Phi) is 4.69. The van der Waals surface area contributed by atoms with E-state index in [1.54, 1.807) is 6.07 Å². The summed E-state index contributed by atoms with van der Waals surface area (Å²) in [5, 5.41) is 13.9. The Labute approximate surface area is 141 Å². The molecule has 0 amide bonds. The molecule has 1 aliphatic heterocycles. The number of nitrogens with zero attached hydrogens (tertiary/aromatic N) is 4. The highest BCUT2D eigenvalue weighted by Crippen LogP contribution is 2.33. The van der Waals surface area contributed by atoms with Crippen LogP contribution in [0.15, 0.2) is 24.7 Å². The monoisotopic (exact) mass is 360 g/mol. The Balaban J connectivity index is 1.93. The lowest BCUT2D eigenvalue weighted by Crippen LogP contribution is -2.38. The molecule has 1 fully saturated rings. The molecule has 1 N–H and O–H groups in total. The van der Waals surface area contributed by atoms with E-state index in [0.717, 1.165) is 29.8 Å². The number of pyridine rings is 1. The fraction of sp³-hybridized carbons (Fsp3) is 0.467. The zero-order valence-electron chi connectivity index (χ0n) is 12.7. The SMILES string of the molecule is O[C@H]1CCCN(c2cc(Cl)ncc2-c2cnn(CC(F)(F)F)c2)C1. The molecule has 2 aromatic rings. The predicted molar refractivity (Wildman–Crippen MR) is 84.0 cm³/mol. The van der Waals surface area contributed by atoms with E-state index in [2.05, 4.69) is 10.1 Å². The van der Waals surface area contributed by atoms with Gasteiger partial charge in [-0.2, -0.15) is 18.3 Å². The number of rotatable bonds is 3. The Bertz CT molecular complexity index is 719. The van der Waals surface area contributed by atoms with E-state index in [-0.39, 0.29) is 5.15 Å². The molecule has 0 bridgehead atoms. The number of alkyl halides is 3. The van der Waals surface area contributed by atoms with Crippen LogP contribution < -0.4 is 4.90 Å². The molecular formula is C15H16ClF3N4O. The Morgan fingerprint density at radius 3 is 2.83 bits per heavy atom. The van der Waals surface area contributed by atoms with E-state index >= 15 is 0 Å². The van der Waals surface area contributed by atoms with Crippen molar-refractivity contribution in [2.24, 2.45) is 0 Å². The molecule has 9 heteroatoms. The first-order chi connectivity index (χ1) is 11.3. The van der Waals surface area contributed by atoms with Crippen molar-refractivity contribution >= 4 is 17.3 Å². The van der Waals surface area contributed by atoms with Crippen molar-refractivity contribution in [1.29, 1.82) is 0 Å². The maximum atomic E-state index is 12.5. The van der Waals surface area contributed by atoms with Crippen LogP contribution in [0.3, 0.4) is 0 Å². The largest absolute Gasteiger partial charge is 0.408 e. The smallest absolute Gasteiger partial charge is 0.391 e. The summed E-state index contributed by atoms with van der Waals surface area (Å²) in [5.41, 5.74) is 1.90. The van der Waals surface area contributed by atoms with Gasteiger partial charge in [-0.3, -0.25) is 4.68 Å². The first-order valence-electron chi connectivity index (χ1n) is 7.50. The molecule has 3 heterocycles. The summed E-state index contributed by atoms with van der Waals surface area (Å²) in [4.78, 5) is 6.00. The minimum Gasteiger partial charge on any atom is -0.391 e. The number of hydrogen-bond acceptors (Lipinski definition) is 4. The van der Waals surface area contributed by atoms with Gasteiger partial charge >= 0.3 is 6.18 Å². The number of aliphatic hydroxyl groups is 1. The van der Waals surface area contributed by atoms with Crippen molar-refractivity contribution in [2.45, 2.75) is 31.7 Å². The van der Waals surface area contributed by atoms with E-state index in [0.29, 0.717) is 17.7 Å². The van der Waals surface area contributed by atoms with Crippen LogP contribution in [0, 0.1) is 0 Å². The average molecular weight is 361 g/mol. The Morgan fingerprint density at radius 1 is 1.33 bits per heavy atom. The summed E-state index contributed by atoms with van der Waals surface area (Å²) in [6.45, 7) is 0.0386. The van der Waals surface area contributed by atoms with Gasteiger partial charge in [-0.15, -0.1) is 0 Å². The van der Waals surface area contributed by atoms with Crippen LogP contribution >= 0.6 is 11.6 Å². The van der Waals surface area contributed by atoms with Gasteiger partial charge in [0.05, 0.1) is 12.3 Å². The van der Waals surface area contributed by atoms with E-state index in [1.165, 1.54) is 18.6 Å². The molecule has 1 saturated heterocycles. The molecule has 24 heavy (non-hydrogen) atoms. The number of piperidine rings is 1. The Morgan fingerprint density at radius 2 is 2.12 bits per heavy atom. The van der Waals surface area contributed by atoms with Crippen LogP contribution in [0.1, 0.15) is 12.8 Å². The van der Waals surface area contributed by atoms with Gasteiger partial charge in [0.1, 0.15) is 11.7 Å². The summed E-state index contributed by atoms with van der Waals surface area (Å²) in [5.74, 6) is 0. The van der Waals surface area contributed by atoms with Crippen LogP contribution in [-0.2, 0) is 6.54 Å². The van der Waals surface area contributed by atoms with Gasteiger partial charge in [0, 0.05) is 42.3 Å². The van der Waals surface area contributed by atoms with Crippen LogP contribution in [0.4, 0.5) is 18.9 Å². The number of aromatic nitrogens is 3. The lowest BCUT2D eigenvalue weighted by molar-refractivity contribution is -0.142. The molecular weight excluding hydrogens is 345 g/mol. The molecule has 130 valence electrons. The number of anilines is 1. The van der Waals surface area contributed by atoms with Crippen LogP contribution in [0.5, 0.6) is 0 Å². The molecule has 3 rings (SSSR count). The van der Waals surface area contributed by atoms with Crippen molar-refractivity contribution in [3.05, 3.63) is 29.8 Å². The van der Waals surface area contributed by atoms with Crippen molar-refractivity contribution in [2.75, 3.05) is 18.0 Å². The van der Waals surface area contributed by atoms with Gasteiger partial charge < -0.3 is 10.0 Å². The second-order valence-corrected chi connectivity index (χ2v) is 6.20. The van der Waals surface area contributed by atoms with Crippen molar-refractivity contribution in [3.63, 3.8) is 0 Å². The number of hydrogen-bond donors (Lipinski definition) is 1. The van der Waals surface area contributed by atoms with Crippen molar-refractivity contribution in [3.8, 4) is 11.1 Å². The maximum Gasteiger partial charge on any atom is 0.408 e. The summed E-state index contributed by atoms with van der Waals surface area (Å²) in [6.07, 6.45) is 1.02. The maximum absolute atomic E-state index is 12.5. The van der Waals surface area contributed by atoms with E-state index in [1.807, 2.05) is 4.90 Å². The predicted octanol–water partition coefficient (Wildman–Crippen LogP) is 3.12. The molecule has 1 atom stereocenters. The molecule has 0 unspecified atom stereocenters. The third kappa shape index (κ3) is 3.99. The molecule has 0 saturated carbocycles. The highest BCUT2D eigenvalue weighted by molar-refractivity contribution is 6.29. The second-order valence-electron chi connectivity index (χ2n) is 5.81. The molecule has 1 aliphatic rings. The molecule has 0 aromatic carbocycles. The Hall–Kier alpha value is -1.80. The molecule has 0 radical (unpaired) electrons. The summed E-state index contributed by atoms with van der Waals surface area (Å²) in [7, 11) is 0. The van der Waals surface area contributed by atoms with Crippen LogP contribution in [0.2, 0.25) is 5.15 Å². The zero-order chi connectivity index (χ0) is 17.3. The standard InChI is InChI=1S/C15H16ClF3N4O/c16-14-4-13(22-3-1-2-11(24)8-22)12(6-20-14)10-5-21-23(7-10)9-15(17,18)19/h4-7,11,24H,1-3,8-9H2/t11-/m0/s1. The lowest BCUT2D eigenvalue weighted by Gasteiger charge is -2.33. The van der Waals surface area contributed by atoms with Crippen LogP contribution in [-0.4, -0.2) is 45.2 Å². The highest BCUT2D eigenvalue weighted by Gasteiger charge is 2.29. The van der Waals surface area contributed by atoms with Crippen LogP contribution in [0.25, 0.3) is 11.1 Å². The quantitative estimate of drug-likeness (QED) is 0.854. The van der Waals surface area contributed by atoms with Gasteiger partial charge in [-0.05, 0) is 18.9 Å². The van der Waals surface area contributed by atoms with Crippen molar-refractivity contribution in [1.82, 2.24) is 14.8 Å². The molecule has 0 spiro atoms. The summed E-state index contributed by atoms with van der Waals surface area (Å²) < 4.78 is 38.3. The number of aliphatic hydroxyl groups excluding tert-OH is 1. The van der Waals surface area contributed by atoms with Gasteiger partial charge in [0.2, 0.25) is 0 Å². The van der Waals surface area contributed by atoms with Gasteiger partial charge in [-0.1, -0.05) is 11.6 Å². The fourth-order valence-electron chi connectivity index (χ4n) is 2.85. The number of β-amino-alcohol motifs (C(OH)–C–C–N with tert-alkyl or cyclic N) is 1. The topological polar surface area (TPSA) is 54.2 Å². The molecule has 2 aromatic heterocycles. The average Bonchev–Trinajstić information content (AvgIpc) is 2.93. The molecule has 5 nitrogen and oxygen atoms in total. The molecule has 0 aliphatic carbocycles. The third-order valence-electron chi connectivity index (χ3n) is 3.87. The van der Waals surface area contributed by atoms with E-state index in [4.69, 9.17) is 11.6 Å². The zero-order valence-corrected chi connectivity index (χ0v) is 13.4. The van der Waals surface area contributed by atoms with E-state index < -0.39 is 18.8 Å². The fourth-order valence-corrected chi connectivity index (χ4v) is 3.00. The number of halogens is 4. The van der Waals surface area contributed by atoms with E-state index in [9.17, 15) is 18.3 Å². The normalized spacial score (nSPS) is 18.9. The first kappa shape index (κ1) is 17.0. The summed E-state index contributed by atoms with van der Waals surface area (Å²) >= 11 is 5.98.